The van der Waals surface area contributed by atoms with Gasteiger partial charge in [0.05, 0.1) is 4.90 Å². The van der Waals surface area contributed by atoms with Crippen LogP contribution in [0.3, 0.4) is 0 Å². The molecule has 1 aliphatic rings. The van der Waals surface area contributed by atoms with Crippen LogP contribution in [0.15, 0.2) is 29.2 Å². The number of amides is 1. The van der Waals surface area contributed by atoms with E-state index in [2.05, 4.69) is 10.0 Å². The summed E-state index contributed by atoms with van der Waals surface area (Å²) in [4.78, 5) is 23.2. The summed E-state index contributed by atoms with van der Waals surface area (Å²) in [5.74, 6) is -2.15. The predicted molar refractivity (Wildman–Crippen MR) is 83.2 cm³/mol. The maximum atomic E-state index is 12.8. The highest BCUT2D eigenvalue weighted by Crippen LogP contribution is 2.29. The van der Waals surface area contributed by atoms with Gasteiger partial charge in [-0.2, -0.15) is 0 Å². The molecular weight excluding hydrogens is 339 g/mol. The number of hydrogen-bond acceptors (Lipinski definition) is 4. The third-order valence-electron chi connectivity index (χ3n) is 4.01. The van der Waals surface area contributed by atoms with Gasteiger partial charge < -0.3 is 10.4 Å². The lowest BCUT2D eigenvalue weighted by molar-refractivity contribution is -0.147. The standard InChI is InChI=1S/C15H19FN2O5S/c16-11-3-5-12(6-4-11)24(22,23)17-10-7-13(19)18-15(14(20)21)8-1-2-9-15/h3-6,17H,1-2,7-10H2,(H,18,19)(H,20,21). The molecule has 0 atom stereocenters. The van der Waals surface area contributed by atoms with Gasteiger partial charge in [0.2, 0.25) is 15.9 Å². The van der Waals surface area contributed by atoms with Crippen LogP contribution in [0.25, 0.3) is 0 Å². The number of halogens is 1. The van der Waals surface area contributed by atoms with Crippen LogP contribution in [0, 0.1) is 5.82 Å². The van der Waals surface area contributed by atoms with Gasteiger partial charge in [-0.25, -0.2) is 22.3 Å². The number of benzene rings is 1. The van der Waals surface area contributed by atoms with E-state index in [4.69, 9.17) is 0 Å². The number of rotatable bonds is 7. The summed E-state index contributed by atoms with van der Waals surface area (Å²) in [5.41, 5.74) is -1.24. The zero-order valence-corrected chi connectivity index (χ0v) is 13.7. The number of carbonyl (C=O) groups is 2. The number of aliphatic carboxylic acids is 1. The van der Waals surface area contributed by atoms with Crippen LogP contribution in [0.1, 0.15) is 32.1 Å². The first-order valence-corrected chi connectivity index (χ1v) is 9.03. The van der Waals surface area contributed by atoms with Crippen molar-refractivity contribution < 1.29 is 27.5 Å². The third kappa shape index (κ3) is 4.30. The van der Waals surface area contributed by atoms with Crippen LogP contribution in [-0.4, -0.2) is 37.5 Å². The third-order valence-corrected chi connectivity index (χ3v) is 5.49. The average molecular weight is 358 g/mol. The fourth-order valence-electron chi connectivity index (χ4n) is 2.70. The zero-order chi connectivity index (χ0) is 17.8. The smallest absolute Gasteiger partial charge is 0.329 e. The van der Waals surface area contributed by atoms with Crippen LogP contribution in [0.4, 0.5) is 4.39 Å². The molecule has 1 aromatic rings. The molecule has 3 N–H and O–H groups in total. The van der Waals surface area contributed by atoms with Crippen LogP contribution >= 0.6 is 0 Å². The largest absolute Gasteiger partial charge is 0.480 e. The molecule has 0 aliphatic heterocycles. The molecule has 1 aromatic carbocycles. The van der Waals surface area contributed by atoms with Crippen molar-refractivity contribution in [1.29, 1.82) is 0 Å². The number of sulfonamides is 1. The normalized spacial score (nSPS) is 16.7. The molecular formula is C15H19FN2O5S. The molecule has 0 heterocycles. The summed E-state index contributed by atoms with van der Waals surface area (Å²) in [6, 6.07) is 4.29. The molecule has 7 nitrogen and oxygen atoms in total. The van der Waals surface area contributed by atoms with Gasteiger partial charge in [-0.05, 0) is 37.1 Å². The van der Waals surface area contributed by atoms with E-state index < -0.39 is 33.3 Å². The summed E-state index contributed by atoms with van der Waals surface area (Å²) in [5, 5.41) is 11.8. The van der Waals surface area contributed by atoms with Crippen molar-refractivity contribution in [3.63, 3.8) is 0 Å². The van der Waals surface area contributed by atoms with Gasteiger partial charge in [0.25, 0.3) is 0 Å². The molecule has 1 aliphatic carbocycles. The molecule has 1 saturated carbocycles. The number of carbonyl (C=O) groups excluding carboxylic acids is 1. The van der Waals surface area contributed by atoms with Gasteiger partial charge in [0.1, 0.15) is 11.4 Å². The quantitative estimate of drug-likeness (QED) is 0.673. The van der Waals surface area contributed by atoms with Gasteiger partial charge in [0.15, 0.2) is 0 Å². The van der Waals surface area contributed by atoms with Crippen LogP contribution in [-0.2, 0) is 19.6 Å². The molecule has 1 amide bonds. The summed E-state index contributed by atoms with van der Waals surface area (Å²) >= 11 is 0. The Kier molecular flexibility index (Phi) is 5.55. The summed E-state index contributed by atoms with van der Waals surface area (Å²) in [6.07, 6.45) is 2.01. The summed E-state index contributed by atoms with van der Waals surface area (Å²) in [7, 11) is -3.84. The fourth-order valence-corrected chi connectivity index (χ4v) is 3.73. The Balaban J connectivity index is 1.88. The van der Waals surface area contributed by atoms with Crippen molar-refractivity contribution >= 4 is 21.9 Å². The molecule has 0 spiro atoms. The Morgan fingerprint density at radius 3 is 2.29 bits per heavy atom. The maximum absolute atomic E-state index is 12.8. The Bertz CT molecular complexity index is 712. The second kappa shape index (κ2) is 7.27. The van der Waals surface area contributed by atoms with Crippen molar-refractivity contribution in [2.75, 3.05) is 6.54 Å². The van der Waals surface area contributed by atoms with E-state index in [0.29, 0.717) is 12.8 Å². The van der Waals surface area contributed by atoms with Crippen molar-refractivity contribution in [3.8, 4) is 0 Å². The Labute approximate surface area is 139 Å². The van der Waals surface area contributed by atoms with E-state index in [1.807, 2.05) is 0 Å². The number of nitrogens with one attached hydrogen (secondary N) is 2. The van der Waals surface area contributed by atoms with E-state index in [0.717, 1.165) is 37.1 Å². The van der Waals surface area contributed by atoms with Crippen LogP contribution in [0.2, 0.25) is 0 Å². The SMILES string of the molecule is O=C(CCNS(=O)(=O)c1ccc(F)cc1)NC1(C(=O)O)CCCC1. The van der Waals surface area contributed by atoms with E-state index in [1.165, 1.54) is 0 Å². The minimum Gasteiger partial charge on any atom is -0.480 e. The Morgan fingerprint density at radius 2 is 1.75 bits per heavy atom. The second-order valence-corrected chi connectivity index (χ2v) is 7.51. The molecule has 0 saturated heterocycles. The molecule has 2 rings (SSSR count). The molecule has 0 radical (unpaired) electrons. The first-order chi connectivity index (χ1) is 11.3. The van der Waals surface area contributed by atoms with Crippen molar-refractivity contribution in [3.05, 3.63) is 30.1 Å². The van der Waals surface area contributed by atoms with Crippen molar-refractivity contribution in [1.82, 2.24) is 10.0 Å². The molecule has 1 fully saturated rings. The highest BCUT2D eigenvalue weighted by atomic mass is 32.2. The Morgan fingerprint density at radius 1 is 1.17 bits per heavy atom. The molecule has 0 unspecified atom stereocenters. The van der Waals surface area contributed by atoms with Crippen molar-refractivity contribution in [2.45, 2.75) is 42.5 Å². The fraction of sp³-hybridized carbons (Fsp3) is 0.467. The van der Waals surface area contributed by atoms with Crippen LogP contribution < -0.4 is 10.0 Å². The molecule has 0 bridgehead atoms. The first-order valence-electron chi connectivity index (χ1n) is 7.55. The first kappa shape index (κ1) is 18.3. The number of carboxylic acid groups (broad SMARTS) is 1. The van der Waals surface area contributed by atoms with Crippen molar-refractivity contribution in [2.24, 2.45) is 0 Å². The topological polar surface area (TPSA) is 113 Å². The molecule has 24 heavy (non-hydrogen) atoms. The minimum atomic E-state index is -3.84. The maximum Gasteiger partial charge on any atom is 0.329 e. The molecule has 0 aromatic heterocycles. The zero-order valence-electron chi connectivity index (χ0n) is 12.9. The Hall–Kier alpha value is -2.00. The lowest BCUT2D eigenvalue weighted by atomic mass is 9.97. The van der Waals surface area contributed by atoms with E-state index in [-0.39, 0.29) is 17.9 Å². The van der Waals surface area contributed by atoms with Gasteiger partial charge in [0, 0.05) is 13.0 Å². The lowest BCUT2D eigenvalue weighted by Crippen LogP contribution is -2.52. The van der Waals surface area contributed by atoms with Crippen LogP contribution in [0.5, 0.6) is 0 Å². The summed E-state index contributed by atoms with van der Waals surface area (Å²) < 4.78 is 39.0. The van der Waals surface area contributed by atoms with Gasteiger partial charge in [-0.3, -0.25) is 4.79 Å². The monoisotopic (exact) mass is 358 g/mol. The van der Waals surface area contributed by atoms with Gasteiger partial charge in [-0.15, -0.1) is 0 Å². The second-order valence-electron chi connectivity index (χ2n) is 5.74. The van der Waals surface area contributed by atoms with E-state index in [1.54, 1.807) is 0 Å². The minimum absolute atomic E-state index is 0.109. The summed E-state index contributed by atoms with van der Waals surface area (Å²) in [6.45, 7) is -0.179. The molecule has 132 valence electrons. The molecule has 9 heteroatoms. The average Bonchev–Trinajstić information content (AvgIpc) is 2.97. The van der Waals surface area contributed by atoms with Gasteiger partial charge >= 0.3 is 5.97 Å². The predicted octanol–water partition coefficient (Wildman–Crippen LogP) is 1.01. The van der Waals surface area contributed by atoms with E-state index >= 15 is 0 Å². The highest BCUT2D eigenvalue weighted by Gasteiger charge is 2.42. The number of carboxylic acids is 1. The van der Waals surface area contributed by atoms with E-state index in [9.17, 15) is 27.5 Å². The van der Waals surface area contributed by atoms with Gasteiger partial charge in [-0.1, -0.05) is 12.8 Å². The lowest BCUT2D eigenvalue weighted by Gasteiger charge is -2.25. The number of hydrogen-bond donors (Lipinski definition) is 3. The highest BCUT2D eigenvalue weighted by molar-refractivity contribution is 7.89.